The molecule has 1 fully saturated rings. The van der Waals surface area contributed by atoms with E-state index in [1.165, 1.54) is 6.08 Å². The molecular weight excluding hydrogens is 254 g/mol. The summed E-state index contributed by atoms with van der Waals surface area (Å²) in [5, 5.41) is 2.87. The van der Waals surface area contributed by atoms with Crippen molar-refractivity contribution in [2.45, 2.75) is 38.3 Å². The molecule has 106 valence electrons. The third-order valence-corrected chi connectivity index (χ3v) is 2.99. The zero-order chi connectivity index (χ0) is 14.4. The van der Waals surface area contributed by atoms with E-state index >= 15 is 0 Å². The first-order valence-corrected chi connectivity index (χ1v) is 6.93. The molecule has 1 aromatic carbocycles. The molecule has 1 amide bonds. The van der Waals surface area contributed by atoms with Gasteiger partial charge in [0.15, 0.2) is 0 Å². The van der Waals surface area contributed by atoms with Crippen molar-refractivity contribution in [3.05, 3.63) is 48.0 Å². The largest absolute Gasteiger partial charge is 0.444 e. The fraction of sp³-hybridized carbons (Fsp3) is 0.375. The van der Waals surface area contributed by atoms with E-state index < -0.39 is 12.1 Å². The number of ether oxygens (including phenoxy) is 1. The third-order valence-electron chi connectivity index (χ3n) is 2.99. The molecule has 1 N–H and O–H groups in total. The highest BCUT2D eigenvalue weighted by molar-refractivity contribution is 5.88. The summed E-state index contributed by atoms with van der Waals surface area (Å²) in [6.45, 7) is 1.93. The number of rotatable bonds is 6. The van der Waals surface area contributed by atoms with Crippen LogP contribution in [0.1, 0.15) is 37.9 Å². The Kier molecular flexibility index (Phi) is 4.93. The van der Waals surface area contributed by atoms with Gasteiger partial charge >= 0.3 is 5.97 Å². The van der Waals surface area contributed by atoms with Gasteiger partial charge in [-0.25, -0.2) is 4.79 Å². The average Bonchev–Trinajstić information content (AvgIpc) is 3.27. The molecule has 1 saturated carbocycles. The molecule has 4 nitrogen and oxygen atoms in total. The number of carbonyl (C=O) groups is 2. The van der Waals surface area contributed by atoms with Gasteiger partial charge in [-0.15, -0.1) is 0 Å². The van der Waals surface area contributed by atoms with Gasteiger partial charge in [0.25, 0.3) is 5.91 Å². The van der Waals surface area contributed by atoms with Crippen LogP contribution in [0.2, 0.25) is 0 Å². The van der Waals surface area contributed by atoms with E-state index in [9.17, 15) is 9.59 Å². The highest BCUT2D eigenvalue weighted by Crippen LogP contribution is 2.23. The van der Waals surface area contributed by atoms with Crippen molar-refractivity contribution in [2.24, 2.45) is 0 Å². The van der Waals surface area contributed by atoms with Crippen molar-refractivity contribution in [3.8, 4) is 0 Å². The summed E-state index contributed by atoms with van der Waals surface area (Å²) in [5.41, 5.74) is 0.684. The zero-order valence-corrected chi connectivity index (χ0v) is 11.5. The van der Waals surface area contributed by atoms with Crippen LogP contribution in [0, 0.1) is 0 Å². The fourth-order valence-corrected chi connectivity index (χ4v) is 1.77. The smallest absolute Gasteiger partial charge is 0.331 e. The van der Waals surface area contributed by atoms with Crippen molar-refractivity contribution < 1.29 is 14.3 Å². The van der Waals surface area contributed by atoms with Crippen molar-refractivity contribution >= 4 is 11.9 Å². The summed E-state index contributed by atoms with van der Waals surface area (Å²) in [4.78, 5) is 23.9. The summed E-state index contributed by atoms with van der Waals surface area (Å²) in [6, 6.07) is 9.31. The maximum Gasteiger partial charge on any atom is 0.331 e. The molecule has 0 bridgehead atoms. The molecule has 1 aliphatic carbocycles. The van der Waals surface area contributed by atoms with Crippen LogP contribution in [-0.4, -0.2) is 17.9 Å². The van der Waals surface area contributed by atoms with E-state index in [4.69, 9.17) is 4.74 Å². The highest BCUT2D eigenvalue weighted by Gasteiger charge is 2.30. The van der Waals surface area contributed by atoms with E-state index in [2.05, 4.69) is 5.32 Å². The topological polar surface area (TPSA) is 55.4 Å². The Hall–Kier alpha value is -2.10. The lowest BCUT2D eigenvalue weighted by molar-refractivity contribution is -0.152. The summed E-state index contributed by atoms with van der Waals surface area (Å²) < 4.78 is 5.29. The minimum atomic E-state index is -0.884. The lowest BCUT2D eigenvalue weighted by Gasteiger charge is -2.17. The number of allylic oxidation sites excluding steroid dienone is 1. The SMILES string of the molecule is CC/C=C/C(=O)O[C@@H](C(=O)NC1CC1)c1ccccc1. The molecule has 20 heavy (non-hydrogen) atoms. The zero-order valence-electron chi connectivity index (χ0n) is 11.5. The monoisotopic (exact) mass is 273 g/mol. The Morgan fingerprint density at radius 3 is 2.65 bits per heavy atom. The van der Waals surface area contributed by atoms with Gasteiger partial charge in [0.1, 0.15) is 0 Å². The van der Waals surface area contributed by atoms with E-state index in [-0.39, 0.29) is 11.9 Å². The van der Waals surface area contributed by atoms with Gasteiger partial charge < -0.3 is 10.1 Å². The van der Waals surface area contributed by atoms with Crippen LogP contribution in [0.15, 0.2) is 42.5 Å². The maximum absolute atomic E-state index is 12.2. The second kappa shape index (κ2) is 6.89. The van der Waals surface area contributed by atoms with Crippen LogP contribution < -0.4 is 5.32 Å². The maximum atomic E-state index is 12.2. The molecule has 0 unspecified atom stereocenters. The van der Waals surface area contributed by atoms with Crippen LogP contribution in [0.5, 0.6) is 0 Å². The Balaban J connectivity index is 2.08. The Morgan fingerprint density at radius 1 is 1.35 bits per heavy atom. The molecule has 0 spiro atoms. The van der Waals surface area contributed by atoms with Gasteiger partial charge in [0.2, 0.25) is 6.10 Å². The van der Waals surface area contributed by atoms with E-state index in [0.29, 0.717) is 5.56 Å². The van der Waals surface area contributed by atoms with Crippen LogP contribution in [0.3, 0.4) is 0 Å². The summed E-state index contributed by atoms with van der Waals surface area (Å²) in [5.74, 6) is -0.747. The minimum absolute atomic E-state index is 0.235. The highest BCUT2D eigenvalue weighted by atomic mass is 16.5. The lowest BCUT2D eigenvalue weighted by Crippen LogP contribution is -2.33. The standard InChI is InChI=1S/C16H19NO3/c1-2-3-9-14(18)20-15(12-7-5-4-6-8-12)16(19)17-13-10-11-13/h3-9,13,15H,2,10-11H2,1H3,(H,17,19)/b9-3+/t15-/m1/s1. The molecule has 1 aromatic rings. The van der Waals surface area contributed by atoms with Gasteiger partial charge in [0.05, 0.1) is 0 Å². The number of hydrogen-bond acceptors (Lipinski definition) is 3. The average molecular weight is 273 g/mol. The number of carbonyl (C=O) groups excluding carboxylic acids is 2. The van der Waals surface area contributed by atoms with Gasteiger partial charge in [-0.2, -0.15) is 0 Å². The van der Waals surface area contributed by atoms with Crippen LogP contribution in [0.4, 0.5) is 0 Å². The van der Waals surface area contributed by atoms with Crippen molar-refractivity contribution in [1.29, 1.82) is 0 Å². The molecule has 2 rings (SSSR count). The first-order valence-electron chi connectivity index (χ1n) is 6.93. The first kappa shape index (κ1) is 14.3. The molecule has 0 radical (unpaired) electrons. The predicted octanol–water partition coefficient (Wildman–Crippen LogP) is 2.52. The van der Waals surface area contributed by atoms with E-state index in [0.717, 1.165) is 19.3 Å². The summed E-state index contributed by atoms with van der Waals surface area (Å²) >= 11 is 0. The summed E-state index contributed by atoms with van der Waals surface area (Å²) in [6.07, 6.45) is 4.93. The van der Waals surface area contributed by atoms with Gasteiger partial charge in [-0.3, -0.25) is 4.79 Å². The first-order chi connectivity index (χ1) is 9.70. The Bertz CT molecular complexity index is 492. The number of amides is 1. The number of nitrogens with one attached hydrogen (secondary N) is 1. The molecule has 0 saturated heterocycles. The molecular formula is C16H19NO3. The van der Waals surface area contributed by atoms with E-state index in [1.807, 2.05) is 25.1 Å². The normalized spacial score (nSPS) is 15.8. The van der Waals surface area contributed by atoms with Crippen molar-refractivity contribution in [2.75, 3.05) is 0 Å². The van der Waals surface area contributed by atoms with Crippen molar-refractivity contribution in [3.63, 3.8) is 0 Å². The van der Waals surface area contributed by atoms with Crippen LogP contribution >= 0.6 is 0 Å². The van der Waals surface area contributed by atoms with Gasteiger partial charge in [-0.1, -0.05) is 43.3 Å². The van der Waals surface area contributed by atoms with E-state index in [1.54, 1.807) is 18.2 Å². The minimum Gasteiger partial charge on any atom is -0.444 e. The Labute approximate surface area is 118 Å². The quantitative estimate of drug-likeness (QED) is 0.640. The number of esters is 1. The Morgan fingerprint density at radius 2 is 2.05 bits per heavy atom. The van der Waals surface area contributed by atoms with Crippen LogP contribution in [-0.2, 0) is 14.3 Å². The second-order valence-corrected chi connectivity index (χ2v) is 4.82. The molecule has 4 heteroatoms. The molecule has 1 atom stereocenters. The third kappa shape index (κ3) is 4.23. The van der Waals surface area contributed by atoms with Gasteiger partial charge in [0, 0.05) is 17.7 Å². The summed E-state index contributed by atoms with van der Waals surface area (Å²) in [7, 11) is 0. The van der Waals surface area contributed by atoms with Crippen molar-refractivity contribution in [1.82, 2.24) is 5.32 Å². The predicted molar refractivity (Wildman–Crippen MR) is 75.9 cm³/mol. The molecule has 0 heterocycles. The van der Waals surface area contributed by atoms with Gasteiger partial charge in [-0.05, 0) is 19.3 Å². The fourth-order valence-electron chi connectivity index (χ4n) is 1.77. The second-order valence-electron chi connectivity index (χ2n) is 4.82. The lowest BCUT2D eigenvalue weighted by atomic mass is 10.1. The number of benzene rings is 1. The number of hydrogen-bond donors (Lipinski definition) is 1. The molecule has 1 aliphatic rings. The molecule has 0 aliphatic heterocycles. The van der Waals surface area contributed by atoms with Crippen LogP contribution in [0.25, 0.3) is 0 Å². The molecule has 0 aromatic heterocycles.